The molecule has 0 aliphatic rings. The third kappa shape index (κ3) is 4.57. The van der Waals surface area contributed by atoms with Gasteiger partial charge < -0.3 is 10.6 Å². The predicted molar refractivity (Wildman–Crippen MR) is 70.8 cm³/mol. The van der Waals surface area contributed by atoms with E-state index >= 15 is 0 Å². The maximum absolute atomic E-state index is 11.9. The molecule has 0 aliphatic carbocycles. The van der Waals surface area contributed by atoms with Crippen molar-refractivity contribution in [3.63, 3.8) is 0 Å². The third-order valence-corrected chi connectivity index (χ3v) is 2.75. The van der Waals surface area contributed by atoms with Crippen LogP contribution < -0.4 is 10.6 Å². The smallest absolute Gasteiger partial charge is 0.237 e. The highest BCUT2D eigenvalue weighted by atomic mass is 16.2. The summed E-state index contributed by atoms with van der Waals surface area (Å²) < 4.78 is 0. The fourth-order valence-corrected chi connectivity index (χ4v) is 1.62. The maximum Gasteiger partial charge on any atom is 0.237 e. The molecule has 0 aliphatic heterocycles. The molecule has 0 fully saturated rings. The van der Waals surface area contributed by atoms with Crippen LogP contribution in [-0.2, 0) is 4.79 Å². The van der Waals surface area contributed by atoms with Gasteiger partial charge >= 0.3 is 0 Å². The van der Waals surface area contributed by atoms with Crippen molar-refractivity contribution in [2.24, 2.45) is 0 Å². The van der Waals surface area contributed by atoms with Crippen molar-refractivity contribution in [2.75, 3.05) is 6.54 Å². The third-order valence-electron chi connectivity index (χ3n) is 2.75. The van der Waals surface area contributed by atoms with Crippen molar-refractivity contribution in [1.82, 2.24) is 10.6 Å². The second-order valence-corrected chi connectivity index (χ2v) is 4.32. The van der Waals surface area contributed by atoms with Crippen LogP contribution in [0, 0.1) is 0 Å². The van der Waals surface area contributed by atoms with Gasteiger partial charge in [0.25, 0.3) is 0 Å². The minimum atomic E-state index is -0.138. The topological polar surface area (TPSA) is 41.1 Å². The van der Waals surface area contributed by atoms with Crippen molar-refractivity contribution in [2.45, 2.75) is 39.3 Å². The van der Waals surface area contributed by atoms with Gasteiger partial charge in [0.2, 0.25) is 5.91 Å². The summed E-state index contributed by atoms with van der Waals surface area (Å²) in [5.41, 5.74) is 1.13. The molecule has 0 saturated carbocycles. The van der Waals surface area contributed by atoms with Crippen LogP contribution in [0.5, 0.6) is 0 Å². The van der Waals surface area contributed by atoms with Crippen LogP contribution in [0.3, 0.4) is 0 Å². The Balaban J connectivity index is 2.46. The number of amides is 1. The summed E-state index contributed by atoms with van der Waals surface area (Å²) in [7, 11) is 0. The largest absolute Gasteiger partial charge is 0.348 e. The number of nitrogens with one attached hydrogen (secondary N) is 2. The highest BCUT2D eigenvalue weighted by Gasteiger charge is 2.14. The standard InChI is InChI=1S/C14H22N2O/c1-4-10-15-12(3)14(17)16-11(2)13-8-6-5-7-9-13/h5-9,11-12,15H,4,10H2,1-3H3,(H,16,17). The van der Waals surface area contributed by atoms with E-state index in [1.54, 1.807) is 0 Å². The Morgan fingerprint density at radius 2 is 1.88 bits per heavy atom. The normalized spacial score (nSPS) is 14.1. The average molecular weight is 234 g/mol. The molecule has 0 bridgehead atoms. The Kier molecular flexibility index (Phi) is 5.70. The number of benzene rings is 1. The summed E-state index contributed by atoms with van der Waals surface area (Å²) >= 11 is 0. The molecular weight excluding hydrogens is 212 g/mol. The highest BCUT2D eigenvalue weighted by molar-refractivity contribution is 5.81. The molecule has 3 nitrogen and oxygen atoms in total. The molecule has 0 aromatic heterocycles. The molecule has 1 amide bonds. The average Bonchev–Trinajstić information content (AvgIpc) is 2.36. The molecule has 0 spiro atoms. The van der Waals surface area contributed by atoms with Crippen LogP contribution in [0.1, 0.15) is 38.8 Å². The summed E-state index contributed by atoms with van der Waals surface area (Å²) in [5, 5.41) is 6.18. The quantitative estimate of drug-likeness (QED) is 0.792. The molecular formula is C14H22N2O. The summed E-state index contributed by atoms with van der Waals surface area (Å²) in [4.78, 5) is 11.9. The molecule has 1 aromatic rings. The van der Waals surface area contributed by atoms with Crippen molar-refractivity contribution in [3.8, 4) is 0 Å². The van der Waals surface area contributed by atoms with Gasteiger partial charge in [-0.3, -0.25) is 4.79 Å². The second kappa shape index (κ2) is 7.07. The lowest BCUT2D eigenvalue weighted by atomic mass is 10.1. The highest BCUT2D eigenvalue weighted by Crippen LogP contribution is 2.10. The van der Waals surface area contributed by atoms with Gasteiger partial charge in [0.05, 0.1) is 12.1 Å². The van der Waals surface area contributed by atoms with Crippen LogP contribution >= 0.6 is 0 Å². The van der Waals surface area contributed by atoms with E-state index in [1.165, 1.54) is 0 Å². The monoisotopic (exact) mass is 234 g/mol. The van der Waals surface area contributed by atoms with Gasteiger partial charge in [-0.15, -0.1) is 0 Å². The van der Waals surface area contributed by atoms with Gasteiger partial charge in [-0.2, -0.15) is 0 Å². The van der Waals surface area contributed by atoms with E-state index < -0.39 is 0 Å². The number of hydrogen-bond donors (Lipinski definition) is 2. The number of carbonyl (C=O) groups is 1. The summed E-state index contributed by atoms with van der Waals surface area (Å²) in [6.45, 7) is 6.85. The maximum atomic E-state index is 11.9. The molecule has 1 aromatic carbocycles. The molecule has 1 rings (SSSR count). The van der Waals surface area contributed by atoms with Crippen LogP contribution in [0.4, 0.5) is 0 Å². The Morgan fingerprint density at radius 1 is 1.24 bits per heavy atom. The van der Waals surface area contributed by atoms with Crippen LogP contribution in [0.25, 0.3) is 0 Å². The molecule has 0 radical (unpaired) electrons. The van der Waals surface area contributed by atoms with E-state index in [-0.39, 0.29) is 18.0 Å². The van der Waals surface area contributed by atoms with E-state index in [0.717, 1.165) is 18.5 Å². The molecule has 3 heteroatoms. The summed E-state index contributed by atoms with van der Waals surface area (Å²) in [6, 6.07) is 9.90. The Bertz CT molecular complexity index is 337. The van der Waals surface area contributed by atoms with E-state index in [2.05, 4.69) is 17.6 Å². The summed E-state index contributed by atoms with van der Waals surface area (Å²) in [6.07, 6.45) is 1.03. The predicted octanol–water partition coefficient (Wildman–Crippen LogP) is 2.25. The van der Waals surface area contributed by atoms with Crippen molar-refractivity contribution < 1.29 is 4.79 Å². The molecule has 2 unspecified atom stereocenters. The van der Waals surface area contributed by atoms with Gasteiger partial charge in [0.15, 0.2) is 0 Å². The first-order valence-corrected chi connectivity index (χ1v) is 6.23. The van der Waals surface area contributed by atoms with E-state index in [0.29, 0.717) is 0 Å². The van der Waals surface area contributed by atoms with Crippen LogP contribution in [0.2, 0.25) is 0 Å². The van der Waals surface area contributed by atoms with Gasteiger partial charge in [0, 0.05) is 0 Å². The lowest BCUT2D eigenvalue weighted by Gasteiger charge is -2.18. The van der Waals surface area contributed by atoms with E-state index in [9.17, 15) is 4.79 Å². The number of carbonyl (C=O) groups excluding carboxylic acids is 1. The van der Waals surface area contributed by atoms with Crippen molar-refractivity contribution >= 4 is 5.91 Å². The lowest BCUT2D eigenvalue weighted by molar-refractivity contribution is -0.123. The zero-order valence-electron chi connectivity index (χ0n) is 10.9. The van der Waals surface area contributed by atoms with Gasteiger partial charge in [-0.05, 0) is 32.4 Å². The fraction of sp³-hybridized carbons (Fsp3) is 0.500. The Morgan fingerprint density at radius 3 is 2.47 bits per heavy atom. The molecule has 0 saturated heterocycles. The number of rotatable bonds is 6. The second-order valence-electron chi connectivity index (χ2n) is 4.32. The van der Waals surface area contributed by atoms with Gasteiger partial charge in [-0.1, -0.05) is 37.3 Å². The lowest BCUT2D eigenvalue weighted by Crippen LogP contribution is -2.43. The molecule has 0 heterocycles. The molecule has 94 valence electrons. The number of hydrogen-bond acceptors (Lipinski definition) is 2. The Labute approximate surface area is 104 Å². The van der Waals surface area contributed by atoms with Crippen molar-refractivity contribution in [3.05, 3.63) is 35.9 Å². The zero-order valence-corrected chi connectivity index (χ0v) is 10.9. The molecule has 2 N–H and O–H groups in total. The molecule has 2 atom stereocenters. The first-order valence-electron chi connectivity index (χ1n) is 6.23. The minimum Gasteiger partial charge on any atom is -0.348 e. The molecule has 17 heavy (non-hydrogen) atoms. The van der Waals surface area contributed by atoms with Crippen molar-refractivity contribution in [1.29, 1.82) is 0 Å². The summed E-state index contributed by atoms with van der Waals surface area (Å²) in [5.74, 6) is 0.0507. The first kappa shape index (κ1) is 13.7. The van der Waals surface area contributed by atoms with Crippen LogP contribution in [0.15, 0.2) is 30.3 Å². The van der Waals surface area contributed by atoms with Gasteiger partial charge in [0.1, 0.15) is 0 Å². The van der Waals surface area contributed by atoms with Gasteiger partial charge in [-0.25, -0.2) is 0 Å². The first-order chi connectivity index (χ1) is 8.15. The fourth-order valence-electron chi connectivity index (χ4n) is 1.62. The van der Waals surface area contributed by atoms with Crippen LogP contribution in [-0.4, -0.2) is 18.5 Å². The Hall–Kier alpha value is -1.35. The SMILES string of the molecule is CCCNC(C)C(=O)NC(C)c1ccccc1. The van der Waals surface area contributed by atoms with E-state index in [1.807, 2.05) is 44.2 Å². The van der Waals surface area contributed by atoms with E-state index in [4.69, 9.17) is 0 Å². The minimum absolute atomic E-state index is 0.0505. The zero-order chi connectivity index (χ0) is 12.7.